The van der Waals surface area contributed by atoms with Gasteiger partial charge in [0.1, 0.15) is 11.3 Å². The lowest BCUT2D eigenvalue weighted by Gasteiger charge is -2.45. The van der Waals surface area contributed by atoms with Crippen LogP contribution in [0.25, 0.3) is 5.76 Å². The summed E-state index contributed by atoms with van der Waals surface area (Å²) in [5, 5.41) is 0. The number of fused-ring (bicyclic) bond motifs is 3. The largest absolute Gasteiger partial charge is 0.497 e. The Balaban J connectivity index is 1.44. The highest BCUT2D eigenvalue weighted by molar-refractivity contribution is 5.95. The van der Waals surface area contributed by atoms with Crippen LogP contribution >= 0.6 is 0 Å². The van der Waals surface area contributed by atoms with Crippen LogP contribution < -0.4 is 5.56 Å². The SMILES string of the molecule is CCCCCOC1=C(OC)CCc2cc(C(=O)N3CCC4=C(C=CC5CC45)C3(C)C)c(=O)[nH]c21. The van der Waals surface area contributed by atoms with Crippen molar-refractivity contribution in [3.05, 3.63) is 62.3 Å². The van der Waals surface area contributed by atoms with Gasteiger partial charge in [-0.2, -0.15) is 0 Å². The maximum absolute atomic E-state index is 13.7. The van der Waals surface area contributed by atoms with Crippen LogP contribution in [0.15, 0.2) is 39.9 Å². The maximum atomic E-state index is 13.7. The lowest BCUT2D eigenvalue weighted by atomic mass is 9.78. The molecule has 0 radical (unpaired) electrons. The summed E-state index contributed by atoms with van der Waals surface area (Å²) in [5.41, 5.74) is 3.77. The highest BCUT2D eigenvalue weighted by atomic mass is 16.5. The molecule has 182 valence electrons. The fourth-order valence-electron chi connectivity index (χ4n) is 5.94. The van der Waals surface area contributed by atoms with E-state index in [1.54, 1.807) is 13.2 Å². The molecule has 34 heavy (non-hydrogen) atoms. The molecule has 0 bridgehead atoms. The number of methoxy groups -OCH3 is 1. The Bertz CT molecular complexity index is 1150. The molecule has 1 aliphatic heterocycles. The van der Waals surface area contributed by atoms with Gasteiger partial charge in [-0.15, -0.1) is 0 Å². The van der Waals surface area contributed by atoms with Crippen LogP contribution in [0.3, 0.4) is 0 Å². The number of amides is 1. The molecule has 0 saturated heterocycles. The van der Waals surface area contributed by atoms with Crippen molar-refractivity contribution >= 4 is 11.7 Å². The molecule has 1 saturated carbocycles. The first-order valence-corrected chi connectivity index (χ1v) is 12.8. The number of pyridine rings is 1. The zero-order chi connectivity index (χ0) is 24.0. The van der Waals surface area contributed by atoms with Gasteiger partial charge in [0.25, 0.3) is 11.5 Å². The van der Waals surface area contributed by atoms with Gasteiger partial charge in [0, 0.05) is 13.0 Å². The third kappa shape index (κ3) is 3.81. The second-order valence-corrected chi connectivity index (χ2v) is 10.5. The summed E-state index contributed by atoms with van der Waals surface area (Å²) in [5.74, 6) is 2.52. The number of hydrogen-bond acceptors (Lipinski definition) is 4. The van der Waals surface area contributed by atoms with E-state index in [1.165, 1.54) is 17.6 Å². The number of aromatic amines is 1. The van der Waals surface area contributed by atoms with Crippen LogP contribution in [-0.4, -0.2) is 41.6 Å². The molecular weight excluding hydrogens is 428 g/mol. The summed E-state index contributed by atoms with van der Waals surface area (Å²) in [6.45, 7) is 7.59. The normalized spacial score (nSPS) is 24.4. The number of nitrogens with one attached hydrogen (secondary N) is 1. The Morgan fingerprint density at radius 1 is 1.24 bits per heavy atom. The van der Waals surface area contributed by atoms with Crippen LogP contribution in [0.1, 0.15) is 80.9 Å². The second-order valence-electron chi connectivity index (χ2n) is 10.5. The minimum atomic E-state index is -0.437. The molecule has 6 heteroatoms. The summed E-state index contributed by atoms with van der Waals surface area (Å²) >= 11 is 0. The van der Waals surface area contributed by atoms with Gasteiger partial charge >= 0.3 is 0 Å². The second kappa shape index (κ2) is 8.79. The lowest BCUT2D eigenvalue weighted by molar-refractivity contribution is 0.0589. The molecule has 2 unspecified atom stereocenters. The fraction of sp³-hybridized carbons (Fsp3) is 0.571. The van der Waals surface area contributed by atoms with Gasteiger partial charge in [-0.05, 0) is 68.6 Å². The van der Waals surface area contributed by atoms with Crippen molar-refractivity contribution in [2.24, 2.45) is 11.8 Å². The molecule has 1 fully saturated rings. The van der Waals surface area contributed by atoms with Gasteiger partial charge in [0.15, 0.2) is 5.76 Å². The third-order valence-electron chi connectivity index (χ3n) is 8.02. The minimum absolute atomic E-state index is 0.196. The molecule has 4 aliphatic rings. The Kier molecular flexibility index (Phi) is 5.95. The summed E-state index contributed by atoms with van der Waals surface area (Å²) < 4.78 is 11.6. The molecular formula is C28H36N2O4. The predicted octanol–water partition coefficient (Wildman–Crippen LogP) is 4.97. The number of rotatable bonds is 7. The highest BCUT2D eigenvalue weighted by Crippen LogP contribution is 2.54. The van der Waals surface area contributed by atoms with Crippen LogP contribution in [0, 0.1) is 11.8 Å². The summed E-state index contributed by atoms with van der Waals surface area (Å²) in [6, 6.07) is 1.78. The number of nitrogens with zero attached hydrogens (tertiary/aromatic N) is 1. The Hall–Kier alpha value is -2.76. The van der Waals surface area contributed by atoms with Crippen molar-refractivity contribution in [3.63, 3.8) is 0 Å². The predicted molar refractivity (Wildman–Crippen MR) is 132 cm³/mol. The van der Waals surface area contributed by atoms with Crippen molar-refractivity contribution in [2.75, 3.05) is 20.3 Å². The van der Waals surface area contributed by atoms with Crippen LogP contribution in [0.5, 0.6) is 0 Å². The number of carbonyl (C=O) groups excluding carboxylic acids is 1. The van der Waals surface area contributed by atoms with E-state index in [0.717, 1.165) is 37.0 Å². The van der Waals surface area contributed by atoms with E-state index in [4.69, 9.17) is 9.47 Å². The van der Waals surface area contributed by atoms with Crippen LogP contribution in [0.2, 0.25) is 0 Å². The van der Waals surface area contributed by atoms with Crippen LogP contribution in [-0.2, 0) is 15.9 Å². The van der Waals surface area contributed by atoms with E-state index in [-0.39, 0.29) is 17.0 Å². The number of allylic oxidation sites excluding steroid dienone is 2. The Morgan fingerprint density at radius 3 is 2.82 bits per heavy atom. The van der Waals surface area contributed by atoms with Gasteiger partial charge in [-0.3, -0.25) is 9.59 Å². The lowest BCUT2D eigenvalue weighted by Crippen LogP contribution is -2.53. The van der Waals surface area contributed by atoms with Gasteiger partial charge < -0.3 is 19.4 Å². The molecule has 0 aromatic carbocycles. The van der Waals surface area contributed by atoms with Crippen molar-refractivity contribution < 1.29 is 14.3 Å². The Morgan fingerprint density at radius 2 is 2.06 bits per heavy atom. The molecule has 3 aliphatic carbocycles. The summed E-state index contributed by atoms with van der Waals surface area (Å²) in [4.78, 5) is 31.8. The first kappa shape index (κ1) is 23.0. The van der Waals surface area contributed by atoms with E-state index in [0.29, 0.717) is 49.3 Å². The van der Waals surface area contributed by atoms with E-state index in [1.807, 2.05) is 4.90 Å². The zero-order valence-corrected chi connectivity index (χ0v) is 20.8. The van der Waals surface area contributed by atoms with E-state index < -0.39 is 5.54 Å². The number of carbonyl (C=O) groups is 1. The van der Waals surface area contributed by atoms with E-state index in [2.05, 4.69) is 37.9 Å². The summed E-state index contributed by atoms with van der Waals surface area (Å²) in [6.07, 6.45) is 11.2. The average Bonchev–Trinajstić information content (AvgIpc) is 3.61. The van der Waals surface area contributed by atoms with Crippen LogP contribution in [0.4, 0.5) is 0 Å². The van der Waals surface area contributed by atoms with E-state index >= 15 is 0 Å². The number of unbranched alkanes of at least 4 members (excludes halogenated alkanes) is 2. The molecule has 5 rings (SSSR count). The first-order chi connectivity index (χ1) is 16.4. The zero-order valence-electron chi connectivity index (χ0n) is 20.8. The number of aryl methyl sites for hydroxylation is 1. The molecule has 1 N–H and O–H groups in total. The molecule has 2 heterocycles. The third-order valence-corrected chi connectivity index (χ3v) is 8.02. The van der Waals surface area contributed by atoms with Gasteiger partial charge in [0.2, 0.25) is 0 Å². The smallest absolute Gasteiger partial charge is 0.261 e. The van der Waals surface area contributed by atoms with E-state index in [9.17, 15) is 9.59 Å². The molecule has 2 atom stereocenters. The molecule has 6 nitrogen and oxygen atoms in total. The summed E-state index contributed by atoms with van der Waals surface area (Å²) in [7, 11) is 1.64. The molecule has 1 aromatic heterocycles. The topological polar surface area (TPSA) is 71.6 Å². The van der Waals surface area contributed by atoms with Crippen molar-refractivity contribution in [1.82, 2.24) is 9.88 Å². The van der Waals surface area contributed by atoms with Gasteiger partial charge in [0.05, 0.1) is 24.9 Å². The maximum Gasteiger partial charge on any atom is 0.261 e. The number of H-pyrrole nitrogens is 1. The fourth-order valence-corrected chi connectivity index (χ4v) is 5.94. The molecule has 1 amide bonds. The van der Waals surface area contributed by atoms with Crippen molar-refractivity contribution in [1.29, 1.82) is 0 Å². The number of ether oxygens (including phenoxy) is 2. The van der Waals surface area contributed by atoms with Crippen molar-refractivity contribution in [2.45, 2.75) is 71.3 Å². The Labute approximate surface area is 201 Å². The highest BCUT2D eigenvalue weighted by Gasteiger charge is 2.48. The standard InChI is InChI=1S/C28H36N2O4/c1-5-6-7-14-34-25-23(33-4)11-9-18-16-21(26(31)29-24(18)25)27(32)30-13-12-19-20-15-17(20)8-10-22(19)28(30,2)3/h8,10,16-17,20H,5-7,9,11-15H2,1-4H3,(H,29,31). The molecule has 1 aromatic rings. The van der Waals surface area contributed by atoms with Gasteiger partial charge in [-0.25, -0.2) is 0 Å². The number of aromatic nitrogens is 1. The molecule has 0 spiro atoms. The quantitative estimate of drug-likeness (QED) is 0.579. The van der Waals surface area contributed by atoms with Gasteiger partial charge in [-0.1, -0.05) is 37.5 Å². The first-order valence-electron chi connectivity index (χ1n) is 12.8. The number of hydrogen-bond donors (Lipinski definition) is 1. The average molecular weight is 465 g/mol. The monoisotopic (exact) mass is 464 g/mol. The minimum Gasteiger partial charge on any atom is -0.497 e. The van der Waals surface area contributed by atoms with Crippen molar-refractivity contribution in [3.8, 4) is 0 Å².